The van der Waals surface area contributed by atoms with Gasteiger partial charge in [0.15, 0.2) is 0 Å². The Morgan fingerprint density at radius 3 is 2.18 bits per heavy atom. The summed E-state index contributed by atoms with van der Waals surface area (Å²) in [6.45, 7) is 4.16. The lowest BCUT2D eigenvalue weighted by molar-refractivity contribution is 0.202. The Kier molecular flexibility index (Phi) is 9.53. The number of hydrogen-bond acceptors (Lipinski definition) is 6. The minimum atomic E-state index is -3.22. The van der Waals surface area contributed by atoms with Crippen molar-refractivity contribution in [3.8, 4) is 0 Å². The largest absolute Gasteiger partial charge is 0.484 e. The summed E-state index contributed by atoms with van der Waals surface area (Å²) in [5.41, 5.74) is 0.157. The van der Waals surface area contributed by atoms with E-state index in [4.69, 9.17) is 19.3 Å². The van der Waals surface area contributed by atoms with Crippen molar-refractivity contribution in [1.82, 2.24) is 5.32 Å². The Labute approximate surface area is 102 Å². The number of hydrogen-bond donors (Lipinski definition) is 4. The van der Waals surface area contributed by atoms with Gasteiger partial charge in [-0.2, -0.15) is 13.9 Å². The number of aliphatic imine (C=N–C) groups is 1. The molecule has 7 nitrogen and oxygen atoms in total. The summed E-state index contributed by atoms with van der Waals surface area (Å²) in [6.07, 6.45) is 0. The number of nitrogens with zero attached hydrogens (tertiary/aromatic N) is 1. The first-order valence-electron chi connectivity index (χ1n) is 5.56. The van der Waals surface area contributed by atoms with Gasteiger partial charge in [0.05, 0.1) is 33.0 Å². The van der Waals surface area contributed by atoms with Crippen LogP contribution in [0.1, 0.15) is 13.8 Å². The molecule has 0 aromatic heterocycles. The lowest BCUT2D eigenvalue weighted by Gasteiger charge is -2.17. The Hall–Kier alpha value is -0.300. The Morgan fingerprint density at radius 1 is 1.18 bits per heavy atom. The van der Waals surface area contributed by atoms with Crippen LogP contribution < -0.4 is 5.32 Å². The molecule has 0 heterocycles. The molecule has 4 N–H and O–H groups in total. The van der Waals surface area contributed by atoms with Crippen molar-refractivity contribution in [3.63, 3.8) is 0 Å². The van der Waals surface area contributed by atoms with E-state index in [1.165, 1.54) is 0 Å². The van der Waals surface area contributed by atoms with E-state index < -0.39 is 7.94 Å². The third kappa shape index (κ3) is 6.26. The zero-order valence-corrected chi connectivity index (χ0v) is 11.2. The fraction of sp³-hybridized carbons (Fsp3) is 0.889. The third-order valence-corrected chi connectivity index (χ3v) is 3.68. The van der Waals surface area contributed by atoms with Crippen LogP contribution in [0, 0.1) is 0 Å². The smallest absolute Gasteiger partial charge is 0.395 e. The lowest BCUT2D eigenvalue weighted by atomic mass is 10.7. The molecule has 0 saturated heterocycles. The first kappa shape index (κ1) is 16.7. The lowest BCUT2D eigenvalue weighted by Crippen LogP contribution is -2.31. The van der Waals surface area contributed by atoms with Crippen LogP contribution in [0.2, 0.25) is 0 Å². The first-order valence-corrected chi connectivity index (χ1v) is 7.13. The van der Waals surface area contributed by atoms with Crippen molar-refractivity contribution < 1.29 is 24.2 Å². The molecule has 0 aliphatic rings. The fourth-order valence-electron chi connectivity index (χ4n) is 1.08. The predicted octanol–water partition coefficient (Wildman–Crippen LogP) is -0.255. The van der Waals surface area contributed by atoms with E-state index in [1.807, 2.05) is 0 Å². The fourth-order valence-corrected chi connectivity index (χ4v) is 2.69. The summed E-state index contributed by atoms with van der Waals surface area (Å²) in [4.78, 5) is 14.2. The van der Waals surface area contributed by atoms with Gasteiger partial charge in [0.1, 0.15) is 0 Å². The van der Waals surface area contributed by atoms with Crippen LogP contribution in [-0.2, 0) is 9.05 Å². The Morgan fingerprint density at radius 2 is 1.76 bits per heavy atom. The zero-order chi connectivity index (χ0) is 13.1. The third-order valence-electron chi connectivity index (χ3n) is 1.63. The van der Waals surface area contributed by atoms with Gasteiger partial charge in [-0.05, 0) is 13.8 Å². The van der Waals surface area contributed by atoms with Crippen molar-refractivity contribution in [1.29, 1.82) is 0 Å². The molecular formula is C9H22N2O5P+. The normalized spacial score (nSPS) is 12.9. The molecule has 0 fully saturated rings. The standard InChI is InChI=1S/C9H22N2O5P/c1-3-15-17(14,16-4-2)9(10-5-7-12)11-6-8-13/h12-14H,3-8H2,1-2H3,(H,10,11)/q+1. The number of rotatable bonds is 9. The van der Waals surface area contributed by atoms with E-state index in [-0.39, 0.29) is 45.1 Å². The topological polar surface area (TPSA) is 104 Å². The first-order chi connectivity index (χ1) is 8.14. The molecule has 17 heavy (non-hydrogen) atoms. The van der Waals surface area contributed by atoms with Crippen molar-refractivity contribution in [3.05, 3.63) is 0 Å². The van der Waals surface area contributed by atoms with Crippen molar-refractivity contribution >= 4 is 13.5 Å². The summed E-state index contributed by atoms with van der Waals surface area (Å²) in [5.74, 6) is 0. The highest BCUT2D eigenvalue weighted by Gasteiger charge is 2.48. The van der Waals surface area contributed by atoms with Gasteiger partial charge in [-0.3, -0.25) is 0 Å². The van der Waals surface area contributed by atoms with E-state index in [2.05, 4.69) is 10.3 Å². The Bertz CT molecular complexity index is 221. The van der Waals surface area contributed by atoms with Crippen molar-refractivity contribution in [2.24, 2.45) is 4.99 Å². The summed E-state index contributed by atoms with van der Waals surface area (Å²) in [5, 5.41) is 20.2. The van der Waals surface area contributed by atoms with Gasteiger partial charge < -0.3 is 15.5 Å². The second kappa shape index (κ2) is 9.70. The molecular weight excluding hydrogens is 247 g/mol. The van der Waals surface area contributed by atoms with Crippen molar-refractivity contribution in [2.75, 3.05) is 39.5 Å². The molecule has 0 saturated carbocycles. The van der Waals surface area contributed by atoms with Crippen LogP contribution in [0.5, 0.6) is 0 Å². The van der Waals surface area contributed by atoms with Gasteiger partial charge >= 0.3 is 13.5 Å². The van der Waals surface area contributed by atoms with E-state index in [0.717, 1.165) is 0 Å². The maximum Gasteiger partial charge on any atom is 0.484 e. The van der Waals surface area contributed by atoms with Gasteiger partial charge in [-0.15, -0.1) is 0 Å². The molecule has 0 atom stereocenters. The minimum absolute atomic E-state index is 0.101. The van der Waals surface area contributed by atoms with Crippen LogP contribution in [0.15, 0.2) is 4.99 Å². The average Bonchev–Trinajstić information content (AvgIpc) is 2.29. The van der Waals surface area contributed by atoms with Crippen LogP contribution >= 0.6 is 7.94 Å². The highest BCUT2D eigenvalue weighted by molar-refractivity contribution is 7.78. The maximum absolute atomic E-state index is 10.2. The molecule has 0 bridgehead atoms. The molecule has 0 aromatic carbocycles. The quantitative estimate of drug-likeness (QED) is 0.261. The highest BCUT2D eigenvalue weighted by Crippen LogP contribution is 2.57. The second-order valence-corrected chi connectivity index (χ2v) is 4.92. The molecule has 0 aromatic rings. The number of aliphatic hydroxyl groups excluding tert-OH is 2. The second-order valence-electron chi connectivity index (χ2n) is 2.94. The maximum atomic E-state index is 10.2. The molecule has 0 spiro atoms. The van der Waals surface area contributed by atoms with Crippen LogP contribution in [0.25, 0.3) is 0 Å². The van der Waals surface area contributed by atoms with E-state index in [1.54, 1.807) is 13.8 Å². The van der Waals surface area contributed by atoms with E-state index >= 15 is 0 Å². The zero-order valence-electron chi connectivity index (χ0n) is 10.3. The molecule has 0 amide bonds. The van der Waals surface area contributed by atoms with Crippen molar-refractivity contribution in [2.45, 2.75) is 13.8 Å². The van der Waals surface area contributed by atoms with Gasteiger partial charge in [0.2, 0.25) is 0 Å². The van der Waals surface area contributed by atoms with Gasteiger partial charge in [0, 0.05) is 6.54 Å². The molecule has 102 valence electrons. The van der Waals surface area contributed by atoms with Crippen LogP contribution in [-0.4, -0.2) is 60.2 Å². The summed E-state index contributed by atoms with van der Waals surface area (Å²) in [7, 11) is -3.22. The van der Waals surface area contributed by atoms with Gasteiger partial charge in [0.25, 0.3) is 0 Å². The van der Waals surface area contributed by atoms with Gasteiger partial charge in [-0.1, -0.05) is 0 Å². The van der Waals surface area contributed by atoms with Crippen LogP contribution in [0.3, 0.4) is 0 Å². The van der Waals surface area contributed by atoms with E-state index in [9.17, 15) is 4.89 Å². The molecule has 0 radical (unpaired) electrons. The molecule has 0 aliphatic carbocycles. The SMILES string of the molecule is CCO[P+](O)(OCC)C(=NCCO)NCCO. The van der Waals surface area contributed by atoms with Crippen LogP contribution in [0.4, 0.5) is 0 Å². The summed E-state index contributed by atoms with van der Waals surface area (Å²) < 4.78 is 10.4. The molecule has 8 heteroatoms. The minimum Gasteiger partial charge on any atom is -0.395 e. The van der Waals surface area contributed by atoms with Gasteiger partial charge in [-0.25, -0.2) is 4.99 Å². The number of aliphatic hydroxyl groups is 2. The summed E-state index contributed by atoms with van der Waals surface area (Å²) >= 11 is 0. The average molecular weight is 269 g/mol. The number of amidine groups is 1. The molecule has 0 rings (SSSR count). The predicted molar refractivity (Wildman–Crippen MR) is 66.9 cm³/mol. The monoisotopic (exact) mass is 269 g/mol. The van der Waals surface area contributed by atoms with E-state index in [0.29, 0.717) is 0 Å². The number of nitrogens with one attached hydrogen (secondary N) is 1. The summed E-state index contributed by atoms with van der Waals surface area (Å²) in [6, 6.07) is 0. The molecule has 0 unspecified atom stereocenters. The molecule has 0 aliphatic heterocycles. The highest BCUT2D eigenvalue weighted by atomic mass is 31.2. The Balaban J connectivity index is 4.78.